The predicted octanol–water partition coefficient (Wildman–Crippen LogP) is 2.91. The molecule has 0 aromatic carbocycles. The Bertz CT molecular complexity index is 567. The van der Waals surface area contributed by atoms with Gasteiger partial charge in [-0.2, -0.15) is 0 Å². The van der Waals surface area contributed by atoms with Crippen molar-refractivity contribution in [1.82, 2.24) is 10.3 Å². The summed E-state index contributed by atoms with van der Waals surface area (Å²) >= 11 is 1.60. The first kappa shape index (κ1) is 15.5. The van der Waals surface area contributed by atoms with Crippen molar-refractivity contribution in [2.45, 2.75) is 51.5 Å². The Morgan fingerprint density at radius 2 is 2.05 bits per heavy atom. The number of thiazole rings is 1. The Labute approximate surface area is 134 Å². The standard InChI is InChI=1S/C16H22N2O3S/c1-9-8-22-15(17-9)13(10-5-6-10)18-14(19)11-3-2-4-12(7-11)16(20)21/h8,10-13H,2-7H2,1H3,(H,18,19)(H,20,21). The van der Waals surface area contributed by atoms with Crippen LogP contribution < -0.4 is 5.32 Å². The Morgan fingerprint density at radius 3 is 2.64 bits per heavy atom. The highest BCUT2D eigenvalue weighted by atomic mass is 32.1. The van der Waals surface area contributed by atoms with Crippen LogP contribution in [0, 0.1) is 24.7 Å². The second-order valence-electron chi connectivity index (χ2n) is 6.55. The maximum atomic E-state index is 12.6. The number of hydrogen-bond acceptors (Lipinski definition) is 4. The number of hydrogen-bond donors (Lipinski definition) is 2. The number of carboxylic acids is 1. The van der Waals surface area contributed by atoms with Gasteiger partial charge in [0, 0.05) is 17.0 Å². The number of nitrogens with one attached hydrogen (secondary N) is 1. The maximum absolute atomic E-state index is 12.6. The van der Waals surface area contributed by atoms with Crippen LogP contribution in [0.4, 0.5) is 0 Å². The van der Waals surface area contributed by atoms with Gasteiger partial charge in [-0.3, -0.25) is 9.59 Å². The molecule has 1 aromatic rings. The monoisotopic (exact) mass is 322 g/mol. The number of carbonyl (C=O) groups is 2. The number of aliphatic carboxylic acids is 1. The summed E-state index contributed by atoms with van der Waals surface area (Å²) in [4.78, 5) is 28.2. The molecule has 0 spiro atoms. The minimum absolute atomic E-state index is 0.00991. The lowest BCUT2D eigenvalue weighted by Crippen LogP contribution is -2.38. The largest absolute Gasteiger partial charge is 0.481 e. The van der Waals surface area contributed by atoms with Gasteiger partial charge in [-0.1, -0.05) is 6.42 Å². The quantitative estimate of drug-likeness (QED) is 0.873. The van der Waals surface area contributed by atoms with E-state index in [9.17, 15) is 9.59 Å². The molecule has 22 heavy (non-hydrogen) atoms. The first-order valence-corrected chi connectivity index (χ1v) is 8.87. The molecule has 2 aliphatic rings. The van der Waals surface area contributed by atoms with Gasteiger partial charge >= 0.3 is 5.97 Å². The van der Waals surface area contributed by atoms with E-state index in [2.05, 4.69) is 10.3 Å². The molecule has 1 amide bonds. The third-order valence-electron chi connectivity index (χ3n) is 4.69. The molecule has 3 atom stereocenters. The van der Waals surface area contributed by atoms with Crippen molar-refractivity contribution >= 4 is 23.2 Å². The van der Waals surface area contributed by atoms with Crippen molar-refractivity contribution in [1.29, 1.82) is 0 Å². The van der Waals surface area contributed by atoms with E-state index in [0.717, 1.165) is 36.4 Å². The van der Waals surface area contributed by atoms with Gasteiger partial charge in [-0.15, -0.1) is 11.3 Å². The maximum Gasteiger partial charge on any atom is 0.306 e. The van der Waals surface area contributed by atoms with Crippen LogP contribution in [-0.4, -0.2) is 22.0 Å². The summed E-state index contributed by atoms with van der Waals surface area (Å²) in [5.74, 6) is -0.806. The fraction of sp³-hybridized carbons (Fsp3) is 0.688. The Morgan fingerprint density at radius 1 is 1.32 bits per heavy atom. The number of carbonyl (C=O) groups excluding carboxylic acids is 1. The van der Waals surface area contributed by atoms with Crippen LogP contribution in [0.3, 0.4) is 0 Å². The van der Waals surface area contributed by atoms with E-state index >= 15 is 0 Å². The molecule has 0 radical (unpaired) electrons. The fourth-order valence-corrected chi connectivity index (χ4v) is 4.19. The fourth-order valence-electron chi connectivity index (χ4n) is 3.25. The van der Waals surface area contributed by atoms with Crippen molar-refractivity contribution in [2.24, 2.45) is 17.8 Å². The summed E-state index contributed by atoms with van der Waals surface area (Å²) in [5, 5.41) is 15.3. The number of rotatable bonds is 5. The molecule has 2 aliphatic carbocycles. The van der Waals surface area contributed by atoms with Crippen LogP contribution in [-0.2, 0) is 9.59 Å². The van der Waals surface area contributed by atoms with Gasteiger partial charge < -0.3 is 10.4 Å². The molecular formula is C16H22N2O3S. The normalized spacial score (nSPS) is 26.4. The van der Waals surface area contributed by atoms with Crippen LogP contribution >= 0.6 is 11.3 Å². The van der Waals surface area contributed by atoms with Crippen molar-refractivity contribution < 1.29 is 14.7 Å². The minimum Gasteiger partial charge on any atom is -0.481 e. The lowest BCUT2D eigenvalue weighted by atomic mass is 9.81. The van der Waals surface area contributed by atoms with Gasteiger partial charge in [0.05, 0.1) is 12.0 Å². The van der Waals surface area contributed by atoms with Gasteiger partial charge in [0.25, 0.3) is 0 Å². The summed E-state index contributed by atoms with van der Waals surface area (Å²) in [6, 6.07) is 0.0106. The molecule has 2 fully saturated rings. The van der Waals surface area contributed by atoms with Crippen LogP contribution in [0.5, 0.6) is 0 Å². The molecule has 2 N–H and O–H groups in total. The molecule has 3 rings (SSSR count). The average Bonchev–Trinajstić information content (AvgIpc) is 3.26. The van der Waals surface area contributed by atoms with E-state index in [1.807, 2.05) is 12.3 Å². The topological polar surface area (TPSA) is 79.3 Å². The molecule has 1 heterocycles. The summed E-state index contributed by atoms with van der Waals surface area (Å²) in [6.07, 6.45) is 5.04. The van der Waals surface area contributed by atoms with E-state index in [1.54, 1.807) is 11.3 Å². The molecule has 6 heteroatoms. The number of nitrogens with zero attached hydrogens (tertiary/aromatic N) is 1. The van der Waals surface area contributed by atoms with Gasteiger partial charge in [-0.25, -0.2) is 4.98 Å². The molecule has 3 unspecified atom stereocenters. The van der Waals surface area contributed by atoms with Crippen LogP contribution in [0.2, 0.25) is 0 Å². The zero-order valence-corrected chi connectivity index (χ0v) is 13.6. The smallest absolute Gasteiger partial charge is 0.306 e. The van der Waals surface area contributed by atoms with E-state index in [0.29, 0.717) is 18.8 Å². The molecule has 0 saturated heterocycles. The van der Waals surface area contributed by atoms with Gasteiger partial charge in [-0.05, 0) is 44.9 Å². The van der Waals surface area contributed by atoms with E-state index in [1.165, 1.54) is 0 Å². The van der Waals surface area contributed by atoms with Gasteiger partial charge in [0.15, 0.2) is 0 Å². The lowest BCUT2D eigenvalue weighted by Gasteiger charge is -2.27. The third-order valence-corrected chi connectivity index (χ3v) is 5.73. The van der Waals surface area contributed by atoms with Crippen LogP contribution in [0.15, 0.2) is 5.38 Å². The average molecular weight is 322 g/mol. The highest BCUT2D eigenvalue weighted by molar-refractivity contribution is 7.09. The van der Waals surface area contributed by atoms with Crippen molar-refractivity contribution in [3.63, 3.8) is 0 Å². The number of carboxylic acid groups (broad SMARTS) is 1. The summed E-state index contributed by atoms with van der Waals surface area (Å²) in [7, 11) is 0. The molecule has 2 saturated carbocycles. The molecule has 1 aromatic heterocycles. The second kappa shape index (κ2) is 6.36. The summed E-state index contributed by atoms with van der Waals surface area (Å²) in [5.41, 5.74) is 0.989. The lowest BCUT2D eigenvalue weighted by molar-refractivity contribution is -0.144. The Kier molecular flexibility index (Phi) is 4.47. The SMILES string of the molecule is Cc1csc(C(NC(=O)C2CCCC(C(=O)O)C2)C2CC2)n1. The number of amides is 1. The van der Waals surface area contributed by atoms with Crippen molar-refractivity contribution in [3.8, 4) is 0 Å². The molecular weight excluding hydrogens is 300 g/mol. The zero-order valence-electron chi connectivity index (χ0n) is 12.7. The first-order chi connectivity index (χ1) is 10.5. The first-order valence-electron chi connectivity index (χ1n) is 8.00. The molecule has 120 valence electrons. The van der Waals surface area contributed by atoms with Crippen LogP contribution in [0.1, 0.15) is 55.3 Å². The summed E-state index contributed by atoms with van der Waals surface area (Å²) < 4.78 is 0. The van der Waals surface area contributed by atoms with Gasteiger partial charge in [0.2, 0.25) is 5.91 Å². The van der Waals surface area contributed by atoms with E-state index < -0.39 is 5.97 Å². The third kappa shape index (κ3) is 3.48. The highest BCUT2D eigenvalue weighted by Gasteiger charge is 2.38. The van der Waals surface area contributed by atoms with E-state index in [-0.39, 0.29) is 23.8 Å². The van der Waals surface area contributed by atoms with E-state index in [4.69, 9.17) is 5.11 Å². The highest BCUT2D eigenvalue weighted by Crippen LogP contribution is 2.42. The molecule has 0 aliphatic heterocycles. The minimum atomic E-state index is -0.771. The molecule has 0 bridgehead atoms. The predicted molar refractivity (Wildman–Crippen MR) is 83.5 cm³/mol. The number of aromatic nitrogens is 1. The van der Waals surface area contributed by atoms with Crippen molar-refractivity contribution in [2.75, 3.05) is 0 Å². The second-order valence-corrected chi connectivity index (χ2v) is 7.44. The zero-order chi connectivity index (χ0) is 15.7. The molecule has 5 nitrogen and oxygen atoms in total. The summed E-state index contributed by atoms with van der Waals surface area (Å²) in [6.45, 7) is 1.96. The van der Waals surface area contributed by atoms with Gasteiger partial charge in [0.1, 0.15) is 5.01 Å². The Hall–Kier alpha value is -1.43. The van der Waals surface area contributed by atoms with Crippen molar-refractivity contribution in [3.05, 3.63) is 16.1 Å². The number of aryl methyl sites for hydroxylation is 1. The Balaban J connectivity index is 1.65. The van der Waals surface area contributed by atoms with Crippen LogP contribution in [0.25, 0.3) is 0 Å².